The molecule has 0 aliphatic heterocycles. The summed E-state index contributed by atoms with van der Waals surface area (Å²) in [5.74, 6) is 0.0780. The number of hydrogen-bond donors (Lipinski definition) is 0. The van der Waals surface area contributed by atoms with E-state index in [-0.39, 0.29) is 5.78 Å². The van der Waals surface area contributed by atoms with Gasteiger partial charge in [-0.05, 0) is 18.2 Å². The number of para-hydroxylation sites is 1. The van der Waals surface area contributed by atoms with Gasteiger partial charge >= 0.3 is 0 Å². The summed E-state index contributed by atoms with van der Waals surface area (Å²) in [6.07, 6.45) is 2.58. The van der Waals surface area contributed by atoms with Crippen molar-refractivity contribution in [1.29, 1.82) is 0 Å². The number of rotatable bonds is 4. The van der Waals surface area contributed by atoms with Crippen LogP contribution in [0.5, 0.6) is 0 Å². The molecule has 0 saturated heterocycles. The molecule has 15 heavy (non-hydrogen) atoms. The van der Waals surface area contributed by atoms with Gasteiger partial charge in [0.1, 0.15) is 0 Å². The maximum atomic E-state index is 11.1. The molecule has 1 aromatic carbocycles. The molecule has 2 aromatic rings. The maximum absolute atomic E-state index is 11.1. The Hall–Kier alpha value is -1.48. The fourth-order valence-corrected chi connectivity index (χ4v) is 2.33. The predicted molar refractivity (Wildman–Crippen MR) is 63.1 cm³/mol. The van der Waals surface area contributed by atoms with Gasteiger partial charge in [-0.25, -0.2) is 4.98 Å². The number of thiazole rings is 1. The summed E-state index contributed by atoms with van der Waals surface area (Å²) in [6.45, 7) is 3.45. The molecule has 0 amide bonds. The van der Waals surface area contributed by atoms with Gasteiger partial charge in [-0.15, -0.1) is 11.3 Å². The van der Waals surface area contributed by atoms with Crippen LogP contribution in [0.1, 0.15) is 11.4 Å². The zero-order valence-corrected chi connectivity index (χ0v) is 9.09. The zero-order valence-electron chi connectivity index (χ0n) is 8.27. The van der Waals surface area contributed by atoms with Gasteiger partial charge in [-0.1, -0.05) is 18.7 Å². The van der Waals surface area contributed by atoms with Crippen LogP contribution in [0.2, 0.25) is 0 Å². The fraction of sp³-hybridized carbons (Fsp3) is 0.167. The Bertz CT molecular complexity index is 468. The molecule has 3 heteroatoms. The Morgan fingerprint density at radius 1 is 1.47 bits per heavy atom. The van der Waals surface area contributed by atoms with Gasteiger partial charge in [0.2, 0.25) is 0 Å². The predicted octanol–water partition coefficient (Wildman–Crippen LogP) is 2.98. The number of nitrogens with zero attached hydrogens (tertiary/aromatic N) is 1. The SMILES string of the molecule is C=CC(=O)CCc1nc2ccccc2s1. The van der Waals surface area contributed by atoms with Gasteiger partial charge in [-0.3, -0.25) is 4.79 Å². The summed E-state index contributed by atoms with van der Waals surface area (Å²) in [4.78, 5) is 15.5. The minimum Gasteiger partial charge on any atom is -0.295 e. The normalized spacial score (nSPS) is 10.4. The molecule has 2 rings (SSSR count). The summed E-state index contributed by atoms with van der Waals surface area (Å²) >= 11 is 1.65. The summed E-state index contributed by atoms with van der Waals surface area (Å²) in [5, 5.41) is 1.02. The van der Waals surface area contributed by atoms with Crippen molar-refractivity contribution in [3.8, 4) is 0 Å². The van der Waals surface area contributed by atoms with Crippen molar-refractivity contribution < 1.29 is 4.79 Å². The number of hydrogen-bond acceptors (Lipinski definition) is 3. The first kappa shape index (κ1) is 10.1. The summed E-state index contributed by atoms with van der Waals surface area (Å²) in [5.41, 5.74) is 1.02. The van der Waals surface area contributed by atoms with Gasteiger partial charge in [0.05, 0.1) is 15.2 Å². The van der Waals surface area contributed by atoms with E-state index >= 15 is 0 Å². The molecule has 0 N–H and O–H groups in total. The molecule has 0 aliphatic carbocycles. The first-order valence-electron chi connectivity index (χ1n) is 4.79. The van der Waals surface area contributed by atoms with Crippen LogP contribution >= 0.6 is 11.3 Å². The smallest absolute Gasteiger partial charge is 0.155 e. The van der Waals surface area contributed by atoms with Crippen LogP contribution in [-0.4, -0.2) is 10.8 Å². The molecule has 0 atom stereocenters. The van der Waals surface area contributed by atoms with E-state index in [1.54, 1.807) is 11.3 Å². The minimum atomic E-state index is 0.0780. The largest absolute Gasteiger partial charge is 0.295 e. The topological polar surface area (TPSA) is 30.0 Å². The lowest BCUT2D eigenvalue weighted by Crippen LogP contribution is -1.94. The third-order valence-electron chi connectivity index (χ3n) is 2.15. The maximum Gasteiger partial charge on any atom is 0.155 e. The quantitative estimate of drug-likeness (QED) is 0.737. The van der Waals surface area contributed by atoms with Gasteiger partial charge in [0, 0.05) is 12.8 Å². The molecule has 0 spiro atoms. The van der Waals surface area contributed by atoms with E-state index in [0.717, 1.165) is 10.5 Å². The number of aromatic nitrogens is 1. The molecule has 0 unspecified atom stereocenters. The first-order valence-corrected chi connectivity index (χ1v) is 5.61. The Morgan fingerprint density at radius 3 is 3.00 bits per heavy atom. The highest BCUT2D eigenvalue weighted by Gasteiger charge is 2.04. The first-order chi connectivity index (χ1) is 7.29. The van der Waals surface area contributed by atoms with E-state index in [1.165, 1.54) is 10.8 Å². The highest BCUT2D eigenvalue weighted by atomic mass is 32.1. The minimum absolute atomic E-state index is 0.0780. The Labute approximate surface area is 92.3 Å². The van der Waals surface area contributed by atoms with Crippen LogP contribution < -0.4 is 0 Å². The van der Waals surface area contributed by atoms with E-state index in [9.17, 15) is 4.79 Å². The van der Waals surface area contributed by atoms with Gasteiger partial charge < -0.3 is 0 Å². The molecule has 0 bridgehead atoms. The highest BCUT2D eigenvalue weighted by Crippen LogP contribution is 2.22. The van der Waals surface area contributed by atoms with Crippen molar-refractivity contribution >= 4 is 27.3 Å². The molecule has 0 fully saturated rings. The second-order valence-electron chi connectivity index (χ2n) is 3.25. The summed E-state index contributed by atoms with van der Waals surface area (Å²) in [7, 11) is 0. The third-order valence-corrected chi connectivity index (χ3v) is 3.25. The number of ketones is 1. The Morgan fingerprint density at radius 2 is 2.27 bits per heavy atom. The van der Waals surface area contributed by atoms with Crippen molar-refractivity contribution in [1.82, 2.24) is 4.98 Å². The molecular formula is C12H11NOS. The zero-order chi connectivity index (χ0) is 10.7. The average Bonchev–Trinajstić information content (AvgIpc) is 2.68. The molecule has 1 aromatic heterocycles. The van der Waals surface area contributed by atoms with Crippen LogP contribution in [0.15, 0.2) is 36.9 Å². The molecule has 2 nitrogen and oxygen atoms in total. The highest BCUT2D eigenvalue weighted by molar-refractivity contribution is 7.18. The van der Waals surface area contributed by atoms with E-state index in [4.69, 9.17) is 0 Å². The molecule has 76 valence electrons. The summed E-state index contributed by atoms with van der Waals surface area (Å²) < 4.78 is 1.18. The van der Waals surface area contributed by atoms with E-state index in [0.29, 0.717) is 12.8 Å². The van der Waals surface area contributed by atoms with Gasteiger partial charge in [-0.2, -0.15) is 0 Å². The lowest BCUT2D eigenvalue weighted by atomic mass is 10.2. The van der Waals surface area contributed by atoms with E-state index in [2.05, 4.69) is 11.6 Å². The second kappa shape index (κ2) is 4.36. The van der Waals surface area contributed by atoms with Crippen LogP contribution in [-0.2, 0) is 11.2 Å². The molecular weight excluding hydrogens is 206 g/mol. The van der Waals surface area contributed by atoms with Crippen LogP contribution in [0.25, 0.3) is 10.2 Å². The van der Waals surface area contributed by atoms with Crippen LogP contribution in [0.3, 0.4) is 0 Å². The van der Waals surface area contributed by atoms with Gasteiger partial charge in [0.25, 0.3) is 0 Å². The number of carbonyl (C=O) groups is 1. The standard InChI is InChI=1S/C12H11NOS/c1-2-9(14)7-8-12-13-10-5-3-4-6-11(10)15-12/h2-6H,1,7-8H2. The molecule has 1 heterocycles. The van der Waals surface area contributed by atoms with Crippen molar-refractivity contribution in [2.75, 3.05) is 0 Å². The van der Waals surface area contributed by atoms with Crippen molar-refractivity contribution in [3.63, 3.8) is 0 Å². The van der Waals surface area contributed by atoms with Crippen molar-refractivity contribution in [3.05, 3.63) is 41.9 Å². The number of carbonyl (C=O) groups excluding carboxylic acids is 1. The average molecular weight is 217 g/mol. The van der Waals surface area contributed by atoms with Crippen molar-refractivity contribution in [2.45, 2.75) is 12.8 Å². The van der Waals surface area contributed by atoms with Crippen LogP contribution in [0.4, 0.5) is 0 Å². The second-order valence-corrected chi connectivity index (χ2v) is 4.36. The summed E-state index contributed by atoms with van der Waals surface area (Å²) in [6, 6.07) is 8.01. The number of benzene rings is 1. The van der Waals surface area contributed by atoms with E-state index < -0.39 is 0 Å². The lowest BCUT2D eigenvalue weighted by Gasteiger charge is -1.90. The number of aryl methyl sites for hydroxylation is 1. The van der Waals surface area contributed by atoms with Crippen LogP contribution in [0, 0.1) is 0 Å². The third kappa shape index (κ3) is 2.30. The number of fused-ring (bicyclic) bond motifs is 1. The van der Waals surface area contributed by atoms with Gasteiger partial charge in [0.15, 0.2) is 5.78 Å². The molecule has 0 saturated carbocycles. The lowest BCUT2D eigenvalue weighted by molar-refractivity contribution is -0.114. The Balaban J connectivity index is 2.15. The van der Waals surface area contributed by atoms with E-state index in [1.807, 2.05) is 24.3 Å². The molecule has 0 aliphatic rings. The Kier molecular flexibility index (Phi) is 2.92. The molecule has 0 radical (unpaired) electrons. The van der Waals surface area contributed by atoms with Crippen molar-refractivity contribution in [2.24, 2.45) is 0 Å². The monoisotopic (exact) mass is 217 g/mol. The number of allylic oxidation sites excluding steroid dienone is 1. The fourth-order valence-electron chi connectivity index (χ4n) is 1.36.